The van der Waals surface area contributed by atoms with E-state index >= 15 is 0 Å². The number of piperidine rings is 1. The average molecular weight is 1690 g/mol. The molecule has 25 heteroatoms. The summed E-state index contributed by atoms with van der Waals surface area (Å²) in [6.45, 7) is 70.0. The van der Waals surface area contributed by atoms with Gasteiger partial charge in [-0.1, -0.05) is 68.7 Å². The van der Waals surface area contributed by atoms with Crippen molar-refractivity contribution in [3.8, 4) is 23.7 Å². The minimum atomic E-state index is -0.239. The maximum absolute atomic E-state index is 12.3. The van der Waals surface area contributed by atoms with Crippen molar-refractivity contribution in [2.75, 3.05) is 152 Å². The van der Waals surface area contributed by atoms with Gasteiger partial charge >= 0.3 is 0 Å². The van der Waals surface area contributed by atoms with Crippen LogP contribution in [0.2, 0.25) is 0 Å². The van der Waals surface area contributed by atoms with Crippen LogP contribution in [0.15, 0.2) is 85.5 Å². The first-order chi connectivity index (χ1) is 57.5. The smallest absolute Gasteiger partial charge is 0.253 e. The molecule has 0 spiro atoms. The number of hydrogen-bond acceptors (Lipinski definition) is 21. The van der Waals surface area contributed by atoms with Crippen molar-refractivity contribution in [1.29, 1.82) is 0 Å². The van der Waals surface area contributed by atoms with Gasteiger partial charge in [-0.15, -0.1) is 5.10 Å². The highest BCUT2D eigenvalue weighted by Crippen LogP contribution is 2.24. The third kappa shape index (κ3) is 44.4. The fraction of sp³-hybridized carbons (Fsp3) is 0.670. The van der Waals surface area contributed by atoms with Gasteiger partial charge in [-0.05, 0) is 224 Å². The number of hydrogen-bond donors (Lipinski definition) is 3. The Morgan fingerprint density at radius 1 is 0.467 bits per heavy atom. The van der Waals surface area contributed by atoms with Gasteiger partial charge in [0, 0.05) is 206 Å². The molecule has 0 unspecified atom stereocenters. The number of carbonyl (C=O) groups excluding carboxylic acids is 5. The van der Waals surface area contributed by atoms with Gasteiger partial charge < -0.3 is 54.5 Å². The summed E-state index contributed by atoms with van der Waals surface area (Å²) in [5.74, 6) is 17.0. The highest BCUT2D eigenvalue weighted by Gasteiger charge is 2.28. The van der Waals surface area contributed by atoms with Crippen LogP contribution in [0.4, 0.5) is 17.5 Å². The fourth-order valence-electron chi connectivity index (χ4n) is 13.2. The van der Waals surface area contributed by atoms with Crippen LogP contribution >= 0.6 is 0 Å². The molecule has 9 rings (SSSR count). The van der Waals surface area contributed by atoms with Crippen LogP contribution in [-0.4, -0.2) is 257 Å². The Bertz CT molecular complexity index is 3950. The van der Waals surface area contributed by atoms with Crippen LogP contribution in [0.25, 0.3) is 0 Å². The summed E-state index contributed by atoms with van der Waals surface area (Å²) in [5.41, 5.74) is 4.47. The number of Topliss-reactive ketones (excluding diaryl/α,β-unsaturated/α-hetero) is 2. The Morgan fingerprint density at radius 2 is 0.934 bits per heavy atom. The molecule has 0 atom stereocenters. The third-order valence-corrected chi connectivity index (χ3v) is 20.4. The quantitative estimate of drug-likeness (QED) is 0.0267. The average Bonchev–Trinajstić information content (AvgIpc) is 1.32. The molecule has 0 radical (unpaired) electrons. The Morgan fingerprint density at radius 3 is 1.40 bits per heavy atom. The summed E-state index contributed by atoms with van der Waals surface area (Å²) in [4.78, 5) is 89.8. The lowest BCUT2D eigenvalue weighted by atomic mass is 9.95. The SMILES string of the molecule is CC(C)C(=O)CCOCCN1CCN(c2ccc(C#CC(C)(C)C)cn2)CC1.CC(C)N1CCC(CN2CCN(c3ccc(C(=O)NC(C)(C)C)cn3)CC2)CC1.CC(C)N1CCN(c2ccc(C(=O)NC(C)(C)C)cn2)CC1.CC(C)OCCOCCn1cc(CCC(=O)NC(C)(C)C)nn1.CC(C)OCc1ccc(C#CCCC(=O)C(C)C)cc1. The number of anilines is 3. The Balaban J connectivity index is 0.000000273. The van der Waals surface area contributed by atoms with E-state index in [1.807, 2.05) is 179 Å². The molecule has 0 saturated carbocycles. The van der Waals surface area contributed by atoms with Crippen molar-refractivity contribution in [3.05, 3.63) is 119 Å². The highest BCUT2D eigenvalue weighted by molar-refractivity contribution is 5.95. The van der Waals surface area contributed by atoms with Crippen LogP contribution in [0.5, 0.6) is 0 Å². The molecule has 0 bridgehead atoms. The van der Waals surface area contributed by atoms with Gasteiger partial charge in [-0.3, -0.25) is 38.7 Å². The third-order valence-electron chi connectivity index (χ3n) is 20.4. The number of amides is 3. The van der Waals surface area contributed by atoms with Crippen LogP contribution in [-0.2, 0) is 52.9 Å². The van der Waals surface area contributed by atoms with Gasteiger partial charge in [0.25, 0.3) is 11.8 Å². The molecule has 122 heavy (non-hydrogen) atoms. The van der Waals surface area contributed by atoms with Gasteiger partial charge in [0.05, 0.1) is 75.2 Å². The van der Waals surface area contributed by atoms with Gasteiger partial charge in [-0.25, -0.2) is 19.6 Å². The van der Waals surface area contributed by atoms with Crippen LogP contribution in [0.1, 0.15) is 248 Å². The number of ketones is 2. The van der Waals surface area contributed by atoms with E-state index < -0.39 is 0 Å². The van der Waals surface area contributed by atoms with Gasteiger partial charge in [0.2, 0.25) is 5.91 Å². The molecule has 0 aliphatic carbocycles. The second-order valence-electron chi connectivity index (χ2n) is 38.2. The minimum Gasteiger partial charge on any atom is -0.380 e. The fourth-order valence-corrected chi connectivity index (χ4v) is 13.2. The van der Waals surface area contributed by atoms with Crippen molar-refractivity contribution < 1.29 is 42.9 Å². The lowest BCUT2D eigenvalue weighted by Crippen LogP contribution is -2.49. The predicted molar refractivity (Wildman–Crippen MR) is 495 cm³/mol. The molecule has 3 N–H and O–H groups in total. The molecule has 4 aliphatic rings. The van der Waals surface area contributed by atoms with Crippen molar-refractivity contribution in [1.82, 2.24) is 65.5 Å². The van der Waals surface area contributed by atoms with Crippen molar-refractivity contribution in [3.63, 3.8) is 0 Å². The zero-order valence-corrected chi connectivity index (χ0v) is 79.3. The van der Waals surface area contributed by atoms with Crippen LogP contribution in [0, 0.1) is 46.9 Å². The summed E-state index contributed by atoms with van der Waals surface area (Å²) in [5, 5.41) is 17.0. The minimum absolute atomic E-state index is 0.00265. The van der Waals surface area contributed by atoms with Crippen LogP contribution in [0.3, 0.4) is 0 Å². The number of pyridine rings is 3. The van der Waals surface area contributed by atoms with E-state index in [-0.39, 0.29) is 75.4 Å². The van der Waals surface area contributed by atoms with Gasteiger partial charge in [0.1, 0.15) is 29.0 Å². The molecule has 8 heterocycles. The molecule has 5 aromatic rings. The normalized spacial score (nSPS) is 15.4. The Hall–Kier alpha value is -8.24. The van der Waals surface area contributed by atoms with E-state index in [0.29, 0.717) is 102 Å². The van der Waals surface area contributed by atoms with Crippen molar-refractivity contribution >= 4 is 46.7 Å². The number of rotatable bonds is 32. The van der Waals surface area contributed by atoms with E-state index in [1.165, 1.54) is 32.5 Å². The highest BCUT2D eigenvalue weighted by atomic mass is 16.5. The lowest BCUT2D eigenvalue weighted by molar-refractivity contribution is -0.123. The number of aryl methyl sites for hydroxylation is 1. The van der Waals surface area contributed by atoms with E-state index in [0.717, 1.165) is 131 Å². The molecule has 4 saturated heterocycles. The summed E-state index contributed by atoms with van der Waals surface area (Å²) in [6, 6.07) is 21.1. The maximum Gasteiger partial charge on any atom is 0.253 e. The molecule has 4 aliphatic heterocycles. The first-order valence-electron chi connectivity index (χ1n) is 44.9. The van der Waals surface area contributed by atoms with E-state index in [9.17, 15) is 24.0 Å². The lowest BCUT2D eigenvalue weighted by Gasteiger charge is -2.40. The van der Waals surface area contributed by atoms with Crippen LogP contribution < -0.4 is 30.7 Å². The summed E-state index contributed by atoms with van der Waals surface area (Å²) < 4.78 is 23.8. The molecular formula is C97H156N16O9. The molecule has 25 nitrogen and oxygen atoms in total. The zero-order valence-electron chi connectivity index (χ0n) is 79.3. The number of benzene rings is 1. The number of piperazine rings is 3. The number of nitrogens with zero attached hydrogens (tertiary/aromatic N) is 13. The monoisotopic (exact) mass is 1690 g/mol. The second kappa shape index (κ2) is 53.2. The largest absolute Gasteiger partial charge is 0.380 e. The number of likely N-dealkylation sites (tertiary alicyclic amines) is 1. The zero-order chi connectivity index (χ0) is 90.2. The van der Waals surface area contributed by atoms with Gasteiger partial charge in [0.15, 0.2) is 0 Å². The first kappa shape index (κ1) is 104. The second-order valence-corrected chi connectivity index (χ2v) is 38.2. The predicted octanol–water partition coefficient (Wildman–Crippen LogP) is 13.8. The molecule has 4 fully saturated rings. The standard InChI is InChI=1S/C23H39N5O.C23H35N3O2.C18H24O2.C17H28N4O.C16H30N4O3/c1-18(2)27-10-8-19(9-11-27)17-26-12-14-28(15-13-26)21-7-6-20(16-24-21)22(29)25-23(3,4)5;1-19(2)21(27)9-16-28-17-15-25-11-13-26(14-12-25)22-7-6-20(18-24-22)8-10-23(3,4)5;1-14(2)18(19)8-6-5-7-16-9-11-17(12-10-16)13-20-15(3)4;1-13(2)20-8-10-21(11-9-20)15-7-6-14(12-18-15)16(22)19-17(3,4)5;1-13(2)23-11-10-22-9-8-20-12-14(18-19-20)6-7-15(21)17-16(3,4)5/h6-7,16,18-19H,8-15,17H2,1-5H3,(H,25,29);6-7,18-19H,9,11-17H2,1-5H3;9-12,14-15H,6,8,13H2,1-4H3;6-7,12-13H,8-11H2,1-5H3,(H,19,22);12-13H,6-11H2,1-5H3,(H,17,21). The first-order valence-corrected chi connectivity index (χ1v) is 44.9. The van der Waals surface area contributed by atoms with E-state index in [4.69, 9.17) is 18.9 Å². The topological polar surface area (TPSA) is 250 Å². The molecule has 1 aromatic carbocycles. The maximum atomic E-state index is 12.3. The Labute approximate surface area is 734 Å². The summed E-state index contributed by atoms with van der Waals surface area (Å²) in [6.07, 6.45) is 12.9. The van der Waals surface area contributed by atoms with Gasteiger partial charge in [-0.2, -0.15) is 0 Å². The molecule has 4 aromatic heterocycles. The van der Waals surface area contributed by atoms with E-state index in [1.54, 1.807) is 17.1 Å². The van der Waals surface area contributed by atoms with Crippen molar-refractivity contribution in [2.45, 2.75) is 265 Å². The van der Waals surface area contributed by atoms with Crippen molar-refractivity contribution in [2.24, 2.45) is 23.2 Å². The number of carbonyl (C=O) groups is 5. The molecule has 678 valence electrons. The summed E-state index contributed by atoms with van der Waals surface area (Å²) >= 11 is 0. The van der Waals surface area contributed by atoms with E-state index in [2.05, 4.69) is 160 Å². The summed E-state index contributed by atoms with van der Waals surface area (Å²) in [7, 11) is 0. The molecular weight excluding hydrogens is 1530 g/mol. The Kier molecular flexibility index (Phi) is 45.5. The molecule has 3 amide bonds. The number of aromatic nitrogens is 6. The number of nitrogens with one attached hydrogen (secondary N) is 3. The number of ether oxygens (including phenoxy) is 4.